The molecule has 7 aromatic carbocycles. The fourth-order valence-corrected chi connectivity index (χ4v) is 17.5. The van der Waals surface area contributed by atoms with E-state index < -0.39 is 15.2 Å². The maximum atomic E-state index is 16.1. The van der Waals surface area contributed by atoms with Gasteiger partial charge in [-0.3, -0.25) is 0 Å². The van der Waals surface area contributed by atoms with Crippen LogP contribution in [-0.4, -0.2) is 12.6 Å². The van der Waals surface area contributed by atoms with Crippen LogP contribution in [0.3, 0.4) is 0 Å². The number of hydrogen-bond acceptors (Lipinski definition) is 1. The Bertz CT molecular complexity index is 2360. The molecule has 0 amide bonds. The summed E-state index contributed by atoms with van der Waals surface area (Å²) in [6, 6.07) is 64.6. The summed E-state index contributed by atoms with van der Waals surface area (Å²) in [5.41, 5.74) is 3.41. The van der Waals surface area contributed by atoms with Gasteiger partial charge in [0.1, 0.15) is 0 Å². The molecule has 0 radical (unpaired) electrons. The zero-order chi connectivity index (χ0) is 30.7. The molecule has 1 aliphatic rings. The number of aromatic nitrogens is 1. The Balaban J connectivity index is 1.48. The highest BCUT2D eigenvalue weighted by Gasteiger charge is 2.53. The Morgan fingerprint density at radius 3 is 1.52 bits per heavy atom. The zero-order valence-corrected chi connectivity index (χ0v) is 27.0. The van der Waals surface area contributed by atoms with Crippen molar-refractivity contribution in [2.45, 2.75) is 0 Å². The summed E-state index contributed by atoms with van der Waals surface area (Å²) in [5.74, 6) is 0. The predicted octanol–water partition coefficient (Wildman–Crippen LogP) is 6.11. The Kier molecular flexibility index (Phi) is 6.15. The second-order valence-electron chi connectivity index (χ2n) is 12.0. The minimum absolute atomic E-state index is 0.872. The topological polar surface area (TPSA) is 22.0 Å². The van der Waals surface area contributed by atoms with Gasteiger partial charge in [0.05, 0.1) is 11.0 Å². The first-order valence-electron chi connectivity index (χ1n) is 15.7. The van der Waals surface area contributed by atoms with E-state index in [-0.39, 0.29) is 0 Å². The van der Waals surface area contributed by atoms with Crippen LogP contribution in [0.2, 0.25) is 0 Å². The Labute approximate surface area is 269 Å². The number of nitrogens with zero attached hydrogens (tertiary/aromatic N) is 1. The molecule has 0 spiro atoms. The third-order valence-electron chi connectivity index (χ3n) is 9.74. The molecular weight excluding hydrogens is 594 g/mol. The van der Waals surface area contributed by atoms with Crippen molar-refractivity contribution in [2.24, 2.45) is 0 Å². The average molecular weight is 624 g/mol. The van der Waals surface area contributed by atoms with Crippen molar-refractivity contribution < 1.29 is 4.57 Å². The standard InChI is InChI=1S/C42H30NOPSi/c44-45(32-16-4-1-5-17-32)39-26-14-15-27-41(39)46(33-18-6-2-7-19-33,34-20-8-3-9-21-34)42-30-31(28-29-40(42)45)43-37-24-12-10-22-35(37)36-23-11-13-25-38(36)43/h1-30H. The van der Waals surface area contributed by atoms with E-state index in [1.165, 1.54) is 31.5 Å². The van der Waals surface area contributed by atoms with Gasteiger partial charge in [0, 0.05) is 32.4 Å². The van der Waals surface area contributed by atoms with Crippen molar-refractivity contribution in [3.05, 3.63) is 182 Å². The summed E-state index contributed by atoms with van der Waals surface area (Å²) in [5, 5.41) is 10.2. The maximum absolute atomic E-state index is 16.1. The Hall–Kier alpha value is -5.21. The first kappa shape index (κ1) is 27.1. The zero-order valence-electron chi connectivity index (χ0n) is 25.1. The molecule has 4 heteroatoms. The highest BCUT2D eigenvalue weighted by molar-refractivity contribution is 7.87. The van der Waals surface area contributed by atoms with Crippen LogP contribution in [0.4, 0.5) is 0 Å². The quantitative estimate of drug-likeness (QED) is 0.171. The fraction of sp³-hybridized carbons (Fsp3) is 0. The fourth-order valence-electron chi connectivity index (χ4n) is 7.86. The van der Waals surface area contributed by atoms with Gasteiger partial charge in [-0.2, -0.15) is 0 Å². The second-order valence-corrected chi connectivity index (χ2v) is 18.4. The molecule has 9 rings (SSSR count). The number of para-hydroxylation sites is 2. The molecule has 1 atom stereocenters. The Morgan fingerprint density at radius 2 is 0.913 bits per heavy atom. The molecule has 8 aromatic rings. The van der Waals surface area contributed by atoms with Gasteiger partial charge in [0.15, 0.2) is 15.2 Å². The van der Waals surface area contributed by atoms with Crippen molar-refractivity contribution in [3.8, 4) is 5.69 Å². The van der Waals surface area contributed by atoms with Crippen molar-refractivity contribution >= 4 is 73.7 Å². The second kappa shape index (κ2) is 10.4. The van der Waals surface area contributed by atoms with Crippen LogP contribution in [0.5, 0.6) is 0 Å². The summed E-state index contributed by atoms with van der Waals surface area (Å²) in [7, 11) is -6.20. The van der Waals surface area contributed by atoms with Crippen LogP contribution < -0.4 is 36.7 Å². The average Bonchev–Trinajstić information content (AvgIpc) is 3.47. The van der Waals surface area contributed by atoms with Gasteiger partial charge in [-0.25, -0.2) is 0 Å². The lowest BCUT2D eigenvalue weighted by Gasteiger charge is -2.43. The minimum atomic E-state index is -3.23. The van der Waals surface area contributed by atoms with Crippen molar-refractivity contribution in [1.82, 2.24) is 4.57 Å². The molecule has 218 valence electrons. The van der Waals surface area contributed by atoms with Gasteiger partial charge in [-0.15, -0.1) is 0 Å². The lowest BCUT2D eigenvalue weighted by molar-refractivity contribution is 0.592. The molecular formula is C42H30NOPSi. The maximum Gasteiger partial charge on any atom is 0.181 e. The van der Waals surface area contributed by atoms with E-state index >= 15 is 4.57 Å². The van der Waals surface area contributed by atoms with Gasteiger partial charge < -0.3 is 9.13 Å². The summed E-state index contributed by atoms with van der Waals surface area (Å²) in [6.45, 7) is 0. The Morgan fingerprint density at radius 1 is 0.435 bits per heavy atom. The van der Waals surface area contributed by atoms with Crippen LogP contribution in [0.15, 0.2) is 182 Å². The van der Waals surface area contributed by atoms with Gasteiger partial charge in [0.2, 0.25) is 0 Å². The summed E-state index contributed by atoms with van der Waals surface area (Å²) >= 11 is 0. The first-order valence-corrected chi connectivity index (χ1v) is 19.4. The van der Waals surface area contributed by atoms with Gasteiger partial charge in [0.25, 0.3) is 0 Å². The summed E-state index contributed by atoms with van der Waals surface area (Å²) < 4.78 is 18.5. The molecule has 0 fully saturated rings. The third kappa shape index (κ3) is 3.67. The minimum Gasteiger partial charge on any atom is -0.309 e. The normalized spacial score (nSPS) is 16.6. The smallest absolute Gasteiger partial charge is 0.181 e. The monoisotopic (exact) mass is 623 g/mol. The number of rotatable bonds is 4. The molecule has 1 unspecified atom stereocenters. The van der Waals surface area contributed by atoms with Gasteiger partial charge in [-0.05, 0) is 51.1 Å². The molecule has 2 nitrogen and oxygen atoms in total. The summed E-state index contributed by atoms with van der Waals surface area (Å²) in [4.78, 5) is 0. The molecule has 1 aliphatic heterocycles. The molecule has 0 bridgehead atoms. The molecule has 0 saturated heterocycles. The van der Waals surface area contributed by atoms with Crippen LogP contribution >= 0.6 is 7.14 Å². The lowest BCUT2D eigenvalue weighted by atomic mass is 10.2. The molecule has 2 heterocycles. The highest BCUT2D eigenvalue weighted by Crippen LogP contribution is 2.44. The molecule has 0 saturated carbocycles. The van der Waals surface area contributed by atoms with Crippen LogP contribution in [0, 0.1) is 0 Å². The van der Waals surface area contributed by atoms with E-state index in [1.807, 2.05) is 30.3 Å². The first-order chi connectivity index (χ1) is 22.7. The molecule has 1 aromatic heterocycles. The molecule has 46 heavy (non-hydrogen) atoms. The van der Waals surface area contributed by atoms with E-state index in [4.69, 9.17) is 0 Å². The number of fused-ring (bicyclic) bond motifs is 5. The van der Waals surface area contributed by atoms with E-state index in [9.17, 15) is 0 Å². The van der Waals surface area contributed by atoms with E-state index in [2.05, 4.69) is 156 Å². The van der Waals surface area contributed by atoms with Crippen LogP contribution in [-0.2, 0) is 4.57 Å². The summed E-state index contributed by atoms with van der Waals surface area (Å²) in [6.07, 6.45) is 0. The molecule has 0 N–H and O–H groups in total. The SMILES string of the molecule is O=P1(c2ccccc2)c2ccccc2[Si](c2ccccc2)(c2ccccc2)c2cc(-n3c4ccccc4c4ccccc43)ccc21. The number of benzene rings is 7. The van der Waals surface area contributed by atoms with E-state index in [1.54, 1.807) is 0 Å². The lowest BCUT2D eigenvalue weighted by Crippen LogP contribution is -2.82. The number of hydrogen-bond donors (Lipinski definition) is 0. The molecule has 0 aliphatic carbocycles. The largest absolute Gasteiger partial charge is 0.309 e. The van der Waals surface area contributed by atoms with Crippen molar-refractivity contribution in [2.75, 3.05) is 0 Å². The highest BCUT2D eigenvalue weighted by atomic mass is 31.2. The van der Waals surface area contributed by atoms with Crippen molar-refractivity contribution in [3.63, 3.8) is 0 Å². The third-order valence-corrected chi connectivity index (χ3v) is 18.2. The predicted molar refractivity (Wildman–Crippen MR) is 197 cm³/mol. The van der Waals surface area contributed by atoms with E-state index in [0.29, 0.717) is 0 Å². The van der Waals surface area contributed by atoms with Gasteiger partial charge >= 0.3 is 0 Å². The van der Waals surface area contributed by atoms with Crippen molar-refractivity contribution in [1.29, 1.82) is 0 Å². The van der Waals surface area contributed by atoms with E-state index in [0.717, 1.165) is 32.6 Å². The van der Waals surface area contributed by atoms with Crippen LogP contribution in [0.1, 0.15) is 0 Å². The van der Waals surface area contributed by atoms with Crippen LogP contribution in [0.25, 0.3) is 27.5 Å². The van der Waals surface area contributed by atoms with Gasteiger partial charge in [-0.1, -0.05) is 152 Å².